The van der Waals surface area contributed by atoms with Crippen LogP contribution in [0.15, 0.2) is 78.0 Å². The molecule has 0 saturated heterocycles. The molecular weight excluding hydrogens is 338 g/mol. The predicted molar refractivity (Wildman–Crippen MR) is 107 cm³/mol. The first-order chi connectivity index (χ1) is 12.8. The molecule has 26 heavy (non-hydrogen) atoms. The topological polar surface area (TPSA) is 41.6 Å². The summed E-state index contributed by atoms with van der Waals surface area (Å²) in [5.74, 6) is 0. The molecule has 0 N–H and O–H groups in total. The van der Waals surface area contributed by atoms with E-state index in [-0.39, 0.29) is 0 Å². The molecule has 0 radical (unpaired) electrons. The molecule has 0 saturated carbocycles. The second-order valence-electron chi connectivity index (χ2n) is 6.08. The molecule has 0 spiro atoms. The third-order valence-electron chi connectivity index (χ3n) is 4.47. The Morgan fingerprint density at radius 3 is 2.77 bits per heavy atom. The van der Waals surface area contributed by atoms with Gasteiger partial charge in [0.05, 0.1) is 29.0 Å². The Labute approximate surface area is 156 Å². The van der Waals surface area contributed by atoms with Crippen molar-refractivity contribution < 1.29 is 0 Å². The summed E-state index contributed by atoms with van der Waals surface area (Å²) in [4.78, 5) is 5.65. The number of para-hydroxylation sites is 2. The molecule has 4 heteroatoms. The highest BCUT2D eigenvalue weighted by atomic mass is 32.2. The molecule has 1 aromatic heterocycles. The van der Waals surface area contributed by atoms with Crippen molar-refractivity contribution in [2.45, 2.75) is 11.4 Å². The Balaban J connectivity index is 1.75. The minimum absolute atomic E-state index is 0.697. The minimum atomic E-state index is 0.697. The number of imidazole rings is 1. The maximum Gasteiger partial charge on any atom is 0.0998 e. The average Bonchev–Trinajstić information content (AvgIpc) is 3.11. The molecule has 0 aliphatic rings. The average molecular weight is 355 g/mol. The van der Waals surface area contributed by atoms with E-state index in [4.69, 9.17) is 0 Å². The molecule has 0 aliphatic carbocycles. The zero-order chi connectivity index (χ0) is 17.9. The fourth-order valence-corrected chi connectivity index (χ4v) is 3.61. The molecule has 0 unspecified atom stereocenters. The number of hydrogen-bond donors (Lipinski definition) is 0. The van der Waals surface area contributed by atoms with Crippen LogP contribution in [-0.4, -0.2) is 15.8 Å². The van der Waals surface area contributed by atoms with Crippen LogP contribution < -0.4 is 0 Å². The molecule has 126 valence electrons. The number of benzene rings is 3. The van der Waals surface area contributed by atoms with Crippen molar-refractivity contribution in [1.82, 2.24) is 9.55 Å². The molecule has 3 aromatic carbocycles. The van der Waals surface area contributed by atoms with Crippen LogP contribution in [0.4, 0.5) is 0 Å². The molecule has 4 aromatic rings. The molecule has 0 amide bonds. The smallest absolute Gasteiger partial charge is 0.0998 e. The number of rotatable bonds is 4. The highest BCUT2D eigenvalue weighted by Crippen LogP contribution is 2.28. The van der Waals surface area contributed by atoms with Gasteiger partial charge in [-0.3, -0.25) is 0 Å². The van der Waals surface area contributed by atoms with Crippen LogP contribution >= 0.6 is 11.8 Å². The molecule has 3 nitrogen and oxygen atoms in total. The van der Waals surface area contributed by atoms with E-state index in [0.29, 0.717) is 5.56 Å². The van der Waals surface area contributed by atoms with Gasteiger partial charge in [0, 0.05) is 11.4 Å². The third kappa shape index (κ3) is 3.10. The summed E-state index contributed by atoms with van der Waals surface area (Å²) in [6.07, 6.45) is 3.93. The van der Waals surface area contributed by atoms with Crippen molar-refractivity contribution in [2.75, 3.05) is 6.26 Å². The van der Waals surface area contributed by atoms with Crippen molar-refractivity contribution in [3.05, 3.63) is 84.2 Å². The highest BCUT2D eigenvalue weighted by Gasteiger charge is 2.09. The van der Waals surface area contributed by atoms with Crippen molar-refractivity contribution in [1.29, 1.82) is 5.26 Å². The van der Waals surface area contributed by atoms with Crippen molar-refractivity contribution in [2.24, 2.45) is 0 Å². The Morgan fingerprint density at radius 1 is 1.04 bits per heavy atom. The van der Waals surface area contributed by atoms with E-state index in [9.17, 15) is 5.26 Å². The minimum Gasteiger partial charge on any atom is -0.326 e. The SMILES string of the molecule is CSc1cccc(-c2cc(Cn3cnc4ccccc43)ccc2C#N)c1. The van der Waals surface area contributed by atoms with Crippen molar-refractivity contribution in [3.8, 4) is 17.2 Å². The lowest BCUT2D eigenvalue weighted by molar-refractivity contribution is 0.824. The summed E-state index contributed by atoms with van der Waals surface area (Å²) in [7, 11) is 0. The number of thioether (sulfide) groups is 1. The first-order valence-electron chi connectivity index (χ1n) is 8.36. The Hall–Kier alpha value is -3.03. The second kappa shape index (κ2) is 7.07. The van der Waals surface area contributed by atoms with E-state index >= 15 is 0 Å². The fourth-order valence-electron chi connectivity index (χ4n) is 3.15. The van der Waals surface area contributed by atoms with Gasteiger partial charge in [-0.15, -0.1) is 11.8 Å². The number of nitrogens with zero attached hydrogens (tertiary/aromatic N) is 3. The van der Waals surface area contributed by atoms with Gasteiger partial charge in [0.25, 0.3) is 0 Å². The van der Waals surface area contributed by atoms with Crippen LogP contribution in [0, 0.1) is 11.3 Å². The maximum absolute atomic E-state index is 9.52. The first kappa shape index (κ1) is 16.4. The highest BCUT2D eigenvalue weighted by molar-refractivity contribution is 7.98. The second-order valence-corrected chi connectivity index (χ2v) is 6.96. The van der Waals surface area contributed by atoms with Crippen LogP contribution in [0.5, 0.6) is 0 Å². The summed E-state index contributed by atoms with van der Waals surface area (Å²) < 4.78 is 2.14. The van der Waals surface area contributed by atoms with Gasteiger partial charge < -0.3 is 4.57 Å². The summed E-state index contributed by atoms with van der Waals surface area (Å²) in [6.45, 7) is 0.724. The lowest BCUT2D eigenvalue weighted by Crippen LogP contribution is -1.99. The van der Waals surface area contributed by atoms with Crippen LogP contribution in [-0.2, 0) is 6.54 Å². The zero-order valence-corrected chi connectivity index (χ0v) is 15.2. The lowest BCUT2D eigenvalue weighted by Gasteiger charge is -2.10. The molecule has 4 rings (SSSR count). The summed E-state index contributed by atoms with van der Waals surface area (Å²) in [5.41, 5.74) is 6.01. The van der Waals surface area contributed by atoms with Gasteiger partial charge in [-0.05, 0) is 59.3 Å². The quantitative estimate of drug-likeness (QED) is 0.464. The van der Waals surface area contributed by atoms with Gasteiger partial charge >= 0.3 is 0 Å². The van der Waals surface area contributed by atoms with E-state index < -0.39 is 0 Å². The van der Waals surface area contributed by atoms with Crippen LogP contribution in [0.3, 0.4) is 0 Å². The summed E-state index contributed by atoms with van der Waals surface area (Å²) >= 11 is 1.71. The number of nitriles is 1. The van der Waals surface area contributed by atoms with Gasteiger partial charge in [0.1, 0.15) is 0 Å². The molecule has 1 heterocycles. The van der Waals surface area contributed by atoms with Crippen LogP contribution in [0.1, 0.15) is 11.1 Å². The number of fused-ring (bicyclic) bond motifs is 1. The van der Waals surface area contributed by atoms with Gasteiger partial charge in [-0.2, -0.15) is 5.26 Å². The molecule has 0 fully saturated rings. The predicted octanol–water partition coefficient (Wildman–Crippen LogP) is 5.35. The molecule has 0 atom stereocenters. The molecule has 0 bridgehead atoms. The molecule has 0 aliphatic heterocycles. The van der Waals surface area contributed by atoms with E-state index in [1.807, 2.05) is 42.7 Å². The third-order valence-corrected chi connectivity index (χ3v) is 5.19. The van der Waals surface area contributed by atoms with Gasteiger partial charge in [0.2, 0.25) is 0 Å². The van der Waals surface area contributed by atoms with Crippen molar-refractivity contribution in [3.63, 3.8) is 0 Å². The number of hydrogen-bond acceptors (Lipinski definition) is 3. The summed E-state index contributed by atoms with van der Waals surface area (Å²) in [5, 5.41) is 9.52. The normalized spacial score (nSPS) is 10.8. The van der Waals surface area contributed by atoms with Gasteiger partial charge in [-0.1, -0.05) is 30.3 Å². The van der Waals surface area contributed by atoms with E-state index in [0.717, 1.165) is 34.3 Å². The van der Waals surface area contributed by atoms with E-state index in [1.54, 1.807) is 11.8 Å². The monoisotopic (exact) mass is 355 g/mol. The Kier molecular flexibility index (Phi) is 4.47. The molecular formula is C22H17N3S. The van der Waals surface area contributed by atoms with E-state index in [1.165, 1.54) is 4.90 Å². The van der Waals surface area contributed by atoms with E-state index in [2.05, 4.69) is 52.2 Å². The van der Waals surface area contributed by atoms with Crippen LogP contribution in [0.25, 0.3) is 22.2 Å². The first-order valence-corrected chi connectivity index (χ1v) is 9.58. The standard InChI is InChI=1S/C22H17N3S/c1-26-19-6-4-5-17(12-19)20-11-16(9-10-18(20)13-23)14-25-15-24-21-7-2-3-8-22(21)25/h2-12,15H,14H2,1H3. The van der Waals surface area contributed by atoms with Crippen LogP contribution in [0.2, 0.25) is 0 Å². The lowest BCUT2D eigenvalue weighted by atomic mass is 9.98. The largest absolute Gasteiger partial charge is 0.326 e. The number of aromatic nitrogens is 2. The maximum atomic E-state index is 9.52. The summed E-state index contributed by atoms with van der Waals surface area (Å²) in [6, 6.07) is 24.8. The van der Waals surface area contributed by atoms with Gasteiger partial charge in [-0.25, -0.2) is 4.98 Å². The van der Waals surface area contributed by atoms with Gasteiger partial charge in [0.15, 0.2) is 0 Å². The Bertz CT molecular complexity index is 1120. The zero-order valence-electron chi connectivity index (χ0n) is 14.4. The fraction of sp³-hybridized carbons (Fsp3) is 0.0909. The van der Waals surface area contributed by atoms with Crippen molar-refractivity contribution >= 4 is 22.8 Å². The Morgan fingerprint density at radius 2 is 1.92 bits per heavy atom.